The van der Waals surface area contributed by atoms with Crippen molar-refractivity contribution < 1.29 is 17.9 Å². The smallest absolute Gasteiger partial charge is 0.341 e. The number of nitrogens with one attached hydrogen (secondary N) is 3. The van der Waals surface area contributed by atoms with Crippen molar-refractivity contribution in [2.45, 2.75) is 31.1 Å². The maximum atomic E-state index is 12.2. The molecule has 1 aliphatic rings. The topological polar surface area (TPSA) is 96.5 Å². The molecule has 1 aromatic carbocycles. The number of hydrogen-bond donors (Lipinski definition) is 3. The van der Waals surface area contributed by atoms with E-state index in [0.29, 0.717) is 27.9 Å². The van der Waals surface area contributed by atoms with Crippen LogP contribution in [-0.2, 0) is 27.6 Å². The maximum Gasteiger partial charge on any atom is 0.341 e. The summed E-state index contributed by atoms with van der Waals surface area (Å²) in [5.74, 6) is -0.373. The molecule has 0 aliphatic heterocycles. The molecule has 7 nitrogen and oxygen atoms in total. The van der Waals surface area contributed by atoms with Gasteiger partial charge in [0.15, 0.2) is 5.11 Å². The molecule has 0 amide bonds. The lowest BCUT2D eigenvalue weighted by Crippen LogP contribution is -2.23. The lowest BCUT2D eigenvalue weighted by Gasteiger charge is -2.12. The lowest BCUT2D eigenvalue weighted by molar-refractivity contribution is 0.0601. The number of anilines is 2. The number of thiocarbonyl (C=S) groups is 1. The second kappa shape index (κ2) is 8.56. The average Bonchev–Trinajstić information content (AvgIpc) is 3.22. The molecule has 3 rings (SSSR count). The van der Waals surface area contributed by atoms with Gasteiger partial charge in [-0.15, -0.1) is 11.3 Å². The molecule has 1 aromatic heterocycles. The number of thiophene rings is 1. The van der Waals surface area contributed by atoms with E-state index in [1.165, 1.54) is 35.5 Å². The second-order valence-corrected chi connectivity index (χ2v) is 9.44. The third-order valence-electron chi connectivity index (χ3n) is 4.29. The van der Waals surface area contributed by atoms with Crippen molar-refractivity contribution in [1.82, 2.24) is 4.72 Å². The Labute approximate surface area is 173 Å². The summed E-state index contributed by atoms with van der Waals surface area (Å²) in [5.41, 5.74) is 2.23. The molecule has 2 aromatic rings. The molecule has 0 unspecified atom stereocenters. The van der Waals surface area contributed by atoms with Crippen LogP contribution in [0.25, 0.3) is 0 Å². The molecule has 0 saturated heterocycles. The number of benzene rings is 1. The molecule has 1 aliphatic carbocycles. The zero-order chi connectivity index (χ0) is 20.3. The van der Waals surface area contributed by atoms with E-state index in [-0.39, 0.29) is 10.9 Å². The fourth-order valence-electron chi connectivity index (χ4n) is 3.07. The lowest BCUT2D eigenvalue weighted by atomic mass is 10.1. The maximum absolute atomic E-state index is 12.2. The van der Waals surface area contributed by atoms with E-state index in [1.54, 1.807) is 19.1 Å². The molecule has 10 heteroatoms. The highest BCUT2D eigenvalue weighted by molar-refractivity contribution is 7.89. The highest BCUT2D eigenvalue weighted by Crippen LogP contribution is 2.39. The summed E-state index contributed by atoms with van der Waals surface area (Å²) in [6.07, 6.45) is 2.85. The normalized spacial score (nSPS) is 13.1. The predicted molar refractivity (Wildman–Crippen MR) is 115 cm³/mol. The Morgan fingerprint density at radius 1 is 1.21 bits per heavy atom. The minimum absolute atomic E-state index is 0.182. The number of methoxy groups -OCH3 is 1. The van der Waals surface area contributed by atoms with E-state index in [4.69, 9.17) is 17.0 Å². The van der Waals surface area contributed by atoms with Crippen molar-refractivity contribution in [3.63, 3.8) is 0 Å². The number of fused-ring (bicyclic) bond motifs is 1. The molecule has 150 valence electrons. The van der Waals surface area contributed by atoms with Crippen molar-refractivity contribution in [3.05, 3.63) is 40.3 Å². The summed E-state index contributed by atoms with van der Waals surface area (Å²) >= 11 is 6.87. The van der Waals surface area contributed by atoms with Crippen molar-refractivity contribution >= 4 is 55.3 Å². The van der Waals surface area contributed by atoms with Gasteiger partial charge in [0.25, 0.3) is 0 Å². The quantitative estimate of drug-likeness (QED) is 0.470. The van der Waals surface area contributed by atoms with Crippen molar-refractivity contribution in [3.8, 4) is 0 Å². The van der Waals surface area contributed by atoms with Gasteiger partial charge in [-0.3, -0.25) is 0 Å². The predicted octanol–water partition coefficient (Wildman–Crippen LogP) is 3.13. The summed E-state index contributed by atoms with van der Waals surface area (Å²) in [7, 11) is -2.13. The molecular weight excluding hydrogens is 418 g/mol. The number of esters is 1. The minimum atomic E-state index is -3.50. The summed E-state index contributed by atoms with van der Waals surface area (Å²) in [6, 6.07) is 6.27. The van der Waals surface area contributed by atoms with Crippen molar-refractivity contribution in [2.75, 3.05) is 24.3 Å². The first-order chi connectivity index (χ1) is 13.4. The van der Waals surface area contributed by atoms with Crippen LogP contribution < -0.4 is 15.4 Å². The van der Waals surface area contributed by atoms with Gasteiger partial charge in [-0.25, -0.2) is 17.9 Å². The first-order valence-corrected chi connectivity index (χ1v) is 11.5. The summed E-state index contributed by atoms with van der Waals surface area (Å²) in [6.45, 7) is 2.05. The zero-order valence-electron chi connectivity index (χ0n) is 15.5. The van der Waals surface area contributed by atoms with Crippen LogP contribution in [0.5, 0.6) is 0 Å². The van der Waals surface area contributed by atoms with Gasteiger partial charge in [0.2, 0.25) is 10.0 Å². The Hall–Kier alpha value is -2.01. The molecule has 28 heavy (non-hydrogen) atoms. The van der Waals surface area contributed by atoms with E-state index in [9.17, 15) is 13.2 Å². The summed E-state index contributed by atoms with van der Waals surface area (Å²) < 4.78 is 31.4. The molecule has 0 bridgehead atoms. The van der Waals surface area contributed by atoms with Gasteiger partial charge in [-0.2, -0.15) is 0 Å². The van der Waals surface area contributed by atoms with Crippen molar-refractivity contribution in [1.29, 1.82) is 0 Å². The van der Waals surface area contributed by atoms with Crippen LogP contribution in [0.3, 0.4) is 0 Å². The number of carbonyl (C=O) groups excluding carboxylic acids is 1. The average molecular weight is 440 g/mol. The number of hydrogen-bond acceptors (Lipinski definition) is 6. The molecule has 0 fully saturated rings. The minimum Gasteiger partial charge on any atom is -0.465 e. The fraction of sp³-hybridized carbons (Fsp3) is 0.333. The Kier molecular flexibility index (Phi) is 6.33. The SMILES string of the molecule is CCNS(=O)(=O)c1ccc(NC(=S)Nc2sc3c(c2C(=O)OC)CCC3)cc1. The van der Waals surface area contributed by atoms with Crippen LogP contribution in [0, 0.1) is 0 Å². The number of sulfonamides is 1. The summed E-state index contributed by atoms with van der Waals surface area (Å²) in [5, 5.41) is 7.07. The fourth-order valence-corrected chi connectivity index (χ4v) is 5.67. The monoisotopic (exact) mass is 439 g/mol. The molecule has 0 atom stereocenters. The van der Waals surface area contributed by atoms with Crippen LogP contribution >= 0.6 is 23.6 Å². The molecule has 1 heterocycles. The number of rotatable bonds is 6. The van der Waals surface area contributed by atoms with Gasteiger partial charge >= 0.3 is 5.97 Å². The molecular formula is C18H21N3O4S3. The largest absolute Gasteiger partial charge is 0.465 e. The Morgan fingerprint density at radius 2 is 1.93 bits per heavy atom. The van der Waals surface area contributed by atoms with Gasteiger partial charge in [0.1, 0.15) is 5.00 Å². The Morgan fingerprint density at radius 3 is 2.57 bits per heavy atom. The molecule has 0 radical (unpaired) electrons. The van der Waals surface area contributed by atoms with Gasteiger partial charge in [0.05, 0.1) is 17.6 Å². The van der Waals surface area contributed by atoms with Gasteiger partial charge in [0, 0.05) is 17.1 Å². The highest BCUT2D eigenvalue weighted by Gasteiger charge is 2.27. The van der Waals surface area contributed by atoms with E-state index in [0.717, 1.165) is 24.8 Å². The Bertz CT molecular complexity index is 998. The number of ether oxygens (including phenoxy) is 1. The van der Waals surface area contributed by atoms with Crippen molar-refractivity contribution in [2.24, 2.45) is 0 Å². The Balaban J connectivity index is 1.72. The third-order valence-corrected chi connectivity index (χ3v) is 7.27. The van der Waals surface area contributed by atoms with E-state index >= 15 is 0 Å². The highest BCUT2D eigenvalue weighted by atomic mass is 32.2. The standard InChI is InChI=1S/C18H21N3O4S3/c1-3-19-28(23,24)12-9-7-11(8-10-12)20-18(26)21-16-15(17(22)25-2)13-5-4-6-14(13)27-16/h7-10,19H,3-6H2,1-2H3,(H2,20,21,26). The van der Waals surface area contributed by atoms with E-state index in [1.807, 2.05) is 0 Å². The number of carbonyl (C=O) groups is 1. The van der Waals surface area contributed by atoms with Crippen LogP contribution in [0.15, 0.2) is 29.2 Å². The first-order valence-electron chi connectivity index (χ1n) is 8.76. The van der Waals surface area contributed by atoms with Gasteiger partial charge < -0.3 is 15.4 Å². The van der Waals surface area contributed by atoms with Gasteiger partial charge in [-0.05, 0) is 61.3 Å². The van der Waals surface area contributed by atoms with Gasteiger partial charge in [-0.1, -0.05) is 6.92 Å². The van der Waals surface area contributed by atoms with E-state index < -0.39 is 10.0 Å². The summed E-state index contributed by atoms with van der Waals surface area (Å²) in [4.78, 5) is 13.6. The second-order valence-electron chi connectivity index (χ2n) is 6.16. The van der Waals surface area contributed by atoms with Crippen LogP contribution in [0.4, 0.5) is 10.7 Å². The first kappa shape index (κ1) is 20.7. The zero-order valence-corrected chi connectivity index (χ0v) is 17.9. The molecule has 0 spiro atoms. The van der Waals surface area contributed by atoms with E-state index in [2.05, 4.69) is 15.4 Å². The molecule has 3 N–H and O–H groups in total. The molecule has 0 saturated carbocycles. The number of aryl methyl sites for hydroxylation is 1. The van der Waals surface area contributed by atoms with Crippen LogP contribution in [-0.4, -0.2) is 33.2 Å². The third kappa shape index (κ3) is 4.35. The van der Waals surface area contributed by atoms with Crippen LogP contribution in [0.1, 0.15) is 34.1 Å². The van der Waals surface area contributed by atoms with Crippen LogP contribution in [0.2, 0.25) is 0 Å².